The monoisotopic (exact) mass is 441 g/mol. The SMILES string of the molecule is COc1ccc(Cl)cc1S(=O)(=O)N1CCCN([C@H]2CCN(CC3CC3)C2=O)CC1. The van der Waals surface area contributed by atoms with E-state index in [0.717, 1.165) is 26.1 Å². The quantitative estimate of drug-likeness (QED) is 0.675. The molecule has 1 atom stereocenters. The molecule has 0 bridgehead atoms. The first-order chi connectivity index (χ1) is 13.9. The number of ether oxygens (including phenoxy) is 1. The van der Waals surface area contributed by atoms with E-state index in [1.54, 1.807) is 12.1 Å². The average Bonchev–Trinajstić information content (AvgIpc) is 3.49. The Labute approximate surface area is 177 Å². The number of rotatable bonds is 6. The summed E-state index contributed by atoms with van der Waals surface area (Å²) in [4.78, 5) is 17.1. The minimum atomic E-state index is -3.73. The van der Waals surface area contributed by atoms with Crippen LogP contribution in [0, 0.1) is 5.92 Å². The molecule has 7 nitrogen and oxygen atoms in total. The minimum Gasteiger partial charge on any atom is -0.495 e. The highest BCUT2D eigenvalue weighted by Crippen LogP contribution is 2.33. The molecule has 1 amide bonds. The van der Waals surface area contributed by atoms with Crippen LogP contribution in [0.25, 0.3) is 0 Å². The number of amides is 1. The van der Waals surface area contributed by atoms with Crippen molar-refractivity contribution in [3.63, 3.8) is 0 Å². The van der Waals surface area contributed by atoms with Crippen molar-refractivity contribution in [2.45, 2.75) is 36.6 Å². The van der Waals surface area contributed by atoms with Gasteiger partial charge in [0.2, 0.25) is 15.9 Å². The topological polar surface area (TPSA) is 70.2 Å². The molecule has 1 aromatic carbocycles. The van der Waals surface area contributed by atoms with Crippen LogP contribution in [0.5, 0.6) is 5.75 Å². The molecule has 3 aliphatic rings. The van der Waals surface area contributed by atoms with Gasteiger partial charge in [-0.3, -0.25) is 9.69 Å². The zero-order valence-corrected chi connectivity index (χ0v) is 18.3. The van der Waals surface area contributed by atoms with Gasteiger partial charge in [0.1, 0.15) is 10.6 Å². The highest BCUT2D eigenvalue weighted by atomic mass is 35.5. The molecule has 160 valence electrons. The Kier molecular flexibility index (Phi) is 6.06. The highest BCUT2D eigenvalue weighted by molar-refractivity contribution is 7.89. The maximum absolute atomic E-state index is 13.2. The lowest BCUT2D eigenvalue weighted by Gasteiger charge is -2.26. The first-order valence-electron chi connectivity index (χ1n) is 10.3. The van der Waals surface area contributed by atoms with Gasteiger partial charge in [0.15, 0.2) is 0 Å². The number of nitrogens with zero attached hydrogens (tertiary/aromatic N) is 3. The number of carbonyl (C=O) groups is 1. The molecule has 2 aliphatic heterocycles. The predicted octanol–water partition coefficient (Wildman–Crippen LogP) is 2.06. The van der Waals surface area contributed by atoms with Gasteiger partial charge in [0.05, 0.1) is 13.2 Å². The first kappa shape index (κ1) is 20.9. The van der Waals surface area contributed by atoms with Crippen LogP contribution in [-0.4, -0.2) is 80.9 Å². The number of sulfonamides is 1. The van der Waals surface area contributed by atoms with Crippen LogP contribution in [0.15, 0.2) is 23.1 Å². The van der Waals surface area contributed by atoms with Crippen molar-refractivity contribution < 1.29 is 17.9 Å². The minimum absolute atomic E-state index is 0.0912. The summed E-state index contributed by atoms with van der Waals surface area (Å²) >= 11 is 6.04. The van der Waals surface area contributed by atoms with Crippen LogP contribution in [0.4, 0.5) is 0 Å². The summed E-state index contributed by atoms with van der Waals surface area (Å²) in [5, 5.41) is 0.355. The second kappa shape index (κ2) is 8.41. The van der Waals surface area contributed by atoms with E-state index in [4.69, 9.17) is 16.3 Å². The summed E-state index contributed by atoms with van der Waals surface area (Å²) in [5.74, 6) is 1.19. The number of likely N-dealkylation sites (tertiary alicyclic amines) is 1. The van der Waals surface area contributed by atoms with E-state index in [0.29, 0.717) is 37.0 Å². The number of carbonyl (C=O) groups excluding carboxylic acids is 1. The van der Waals surface area contributed by atoms with Crippen molar-refractivity contribution in [2.75, 3.05) is 46.4 Å². The number of methoxy groups -OCH3 is 1. The second-order valence-corrected chi connectivity index (χ2v) is 10.5. The fraction of sp³-hybridized carbons (Fsp3) is 0.650. The molecule has 1 aromatic rings. The number of halogens is 1. The largest absolute Gasteiger partial charge is 0.495 e. The number of benzene rings is 1. The molecule has 1 aliphatic carbocycles. The lowest BCUT2D eigenvalue weighted by atomic mass is 10.2. The van der Waals surface area contributed by atoms with Gasteiger partial charge in [-0.1, -0.05) is 11.6 Å². The fourth-order valence-electron chi connectivity index (χ4n) is 4.31. The molecular weight excluding hydrogens is 414 g/mol. The fourth-order valence-corrected chi connectivity index (χ4v) is 6.20. The Morgan fingerprint density at radius 1 is 1.10 bits per heavy atom. The summed E-state index contributed by atoms with van der Waals surface area (Å²) in [5.41, 5.74) is 0. The second-order valence-electron chi connectivity index (χ2n) is 8.12. The molecule has 0 aromatic heterocycles. The zero-order chi connectivity index (χ0) is 20.6. The van der Waals surface area contributed by atoms with Gasteiger partial charge in [-0.25, -0.2) is 8.42 Å². The number of hydrogen-bond donors (Lipinski definition) is 0. The lowest BCUT2D eigenvalue weighted by Crippen LogP contribution is -2.44. The third kappa shape index (κ3) is 4.40. The summed E-state index contributed by atoms with van der Waals surface area (Å²) < 4.78 is 33.2. The summed E-state index contributed by atoms with van der Waals surface area (Å²) in [6, 6.07) is 4.51. The molecule has 2 heterocycles. The average molecular weight is 442 g/mol. The molecule has 0 spiro atoms. The maximum atomic E-state index is 13.2. The van der Waals surface area contributed by atoms with E-state index < -0.39 is 10.0 Å². The Morgan fingerprint density at radius 2 is 1.90 bits per heavy atom. The summed E-state index contributed by atoms with van der Waals surface area (Å²) in [6.45, 7) is 3.75. The van der Waals surface area contributed by atoms with Crippen LogP contribution in [0.1, 0.15) is 25.7 Å². The van der Waals surface area contributed by atoms with E-state index in [-0.39, 0.29) is 22.6 Å². The van der Waals surface area contributed by atoms with Crippen LogP contribution >= 0.6 is 11.6 Å². The van der Waals surface area contributed by atoms with Crippen LogP contribution in [0.2, 0.25) is 5.02 Å². The third-order valence-corrected chi connectivity index (χ3v) is 8.27. The standard InChI is InChI=1S/C20H28ClN3O4S/c1-28-18-6-5-16(21)13-19(18)29(26,27)24-9-2-8-22(11-12-24)17-7-10-23(20(17)25)14-15-3-4-15/h5-6,13,15,17H,2-4,7-12,14H2,1H3/t17-/m0/s1. The van der Waals surface area contributed by atoms with Gasteiger partial charge < -0.3 is 9.64 Å². The Morgan fingerprint density at radius 3 is 2.62 bits per heavy atom. The van der Waals surface area contributed by atoms with E-state index in [2.05, 4.69) is 4.90 Å². The van der Waals surface area contributed by atoms with Gasteiger partial charge in [-0.05, 0) is 49.8 Å². The summed E-state index contributed by atoms with van der Waals surface area (Å²) in [7, 11) is -2.28. The van der Waals surface area contributed by atoms with Gasteiger partial charge in [0.25, 0.3) is 0 Å². The smallest absolute Gasteiger partial charge is 0.246 e. The van der Waals surface area contributed by atoms with E-state index in [9.17, 15) is 13.2 Å². The van der Waals surface area contributed by atoms with Gasteiger partial charge in [-0.2, -0.15) is 4.31 Å². The molecule has 29 heavy (non-hydrogen) atoms. The molecular formula is C20H28ClN3O4S. The van der Waals surface area contributed by atoms with Crippen LogP contribution < -0.4 is 4.74 Å². The predicted molar refractivity (Wildman–Crippen MR) is 111 cm³/mol. The van der Waals surface area contributed by atoms with Crippen molar-refractivity contribution in [1.82, 2.24) is 14.1 Å². The van der Waals surface area contributed by atoms with Gasteiger partial charge >= 0.3 is 0 Å². The van der Waals surface area contributed by atoms with Crippen molar-refractivity contribution >= 4 is 27.5 Å². The molecule has 0 radical (unpaired) electrons. The molecule has 0 N–H and O–H groups in total. The lowest BCUT2D eigenvalue weighted by molar-refractivity contribution is -0.132. The molecule has 2 saturated heterocycles. The van der Waals surface area contributed by atoms with Gasteiger partial charge in [-0.15, -0.1) is 0 Å². The van der Waals surface area contributed by atoms with Crippen molar-refractivity contribution in [2.24, 2.45) is 5.92 Å². The Hall–Kier alpha value is -1.35. The van der Waals surface area contributed by atoms with Crippen molar-refractivity contribution in [3.05, 3.63) is 23.2 Å². The molecule has 4 rings (SSSR count). The van der Waals surface area contributed by atoms with E-state index in [1.807, 2.05) is 4.90 Å². The third-order valence-electron chi connectivity index (χ3n) is 6.12. The normalized spacial score (nSPS) is 24.7. The molecule has 0 unspecified atom stereocenters. The highest BCUT2D eigenvalue weighted by Gasteiger charge is 2.39. The molecule has 3 fully saturated rings. The Bertz CT molecular complexity index is 874. The zero-order valence-electron chi connectivity index (χ0n) is 16.7. The number of hydrogen-bond acceptors (Lipinski definition) is 5. The molecule has 1 saturated carbocycles. The summed E-state index contributed by atoms with van der Waals surface area (Å²) in [6.07, 6.45) is 3.99. The van der Waals surface area contributed by atoms with Crippen LogP contribution in [-0.2, 0) is 14.8 Å². The Balaban J connectivity index is 1.45. The van der Waals surface area contributed by atoms with E-state index in [1.165, 1.54) is 30.3 Å². The maximum Gasteiger partial charge on any atom is 0.246 e. The van der Waals surface area contributed by atoms with Crippen molar-refractivity contribution in [1.29, 1.82) is 0 Å². The van der Waals surface area contributed by atoms with E-state index >= 15 is 0 Å². The molecule has 9 heteroatoms. The first-order valence-corrected chi connectivity index (χ1v) is 12.1. The van der Waals surface area contributed by atoms with Crippen molar-refractivity contribution in [3.8, 4) is 5.75 Å². The van der Waals surface area contributed by atoms with Gasteiger partial charge in [0, 0.05) is 44.3 Å². The van der Waals surface area contributed by atoms with Crippen LogP contribution in [0.3, 0.4) is 0 Å².